The van der Waals surface area contributed by atoms with Gasteiger partial charge in [0.15, 0.2) is 11.5 Å². The van der Waals surface area contributed by atoms with Crippen molar-refractivity contribution in [3.63, 3.8) is 0 Å². The van der Waals surface area contributed by atoms with Gasteiger partial charge in [0.25, 0.3) is 5.91 Å². The Balaban J connectivity index is 1.43. The molecular formula is C21H19FN4O4. The Morgan fingerprint density at radius 1 is 1.17 bits per heavy atom. The second kappa shape index (κ2) is 8.24. The van der Waals surface area contributed by atoms with Gasteiger partial charge in [-0.15, -0.1) is 0 Å². The predicted molar refractivity (Wildman–Crippen MR) is 104 cm³/mol. The smallest absolute Gasteiger partial charge is 0.251 e. The third-order valence-electron chi connectivity index (χ3n) is 4.67. The van der Waals surface area contributed by atoms with Crippen LogP contribution < -0.4 is 20.1 Å². The van der Waals surface area contributed by atoms with Gasteiger partial charge in [-0.3, -0.25) is 9.59 Å². The Morgan fingerprint density at radius 2 is 1.93 bits per heavy atom. The zero-order chi connectivity index (χ0) is 21.1. The SMILES string of the molecule is Cn1ccnc1[C@H](NC(=O)CNC(=O)c1ccc2c(c1)OCO2)c1ccc(F)cc1. The van der Waals surface area contributed by atoms with Crippen molar-refractivity contribution in [3.8, 4) is 11.5 Å². The molecule has 8 nitrogen and oxygen atoms in total. The van der Waals surface area contributed by atoms with Crippen molar-refractivity contribution < 1.29 is 23.5 Å². The molecule has 2 aromatic carbocycles. The van der Waals surface area contributed by atoms with Crippen LogP contribution in [0.5, 0.6) is 11.5 Å². The molecule has 2 amide bonds. The lowest BCUT2D eigenvalue weighted by atomic mass is 10.1. The Bertz CT molecular complexity index is 1080. The Kier molecular flexibility index (Phi) is 5.34. The number of nitrogens with zero attached hydrogens (tertiary/aromatic N) is 2. The topological polar surface area (TPSA) is 94.5 Å². The van der Waals surface area contributed by atoms with E-state index in [2.05, 4.69) is 15.6 Å². The van der Waals surface area contributed by atoms with E-state index in [-0.39, 0.29) is 19.2 Å². The zero-order valence-electron chi connectivity index (χ0n) is 16.1. The number of hydrogen-bond donors (Lipinski definition) is 2. The molecule has 154 valence electrons. The number of carbonyl (C=O) groups excluding carboxylic acids is 2. The van der Waals surface area contributed by atoms with Crippen molar-refractivity contribution in [1.82, 2.24) is 20.2 Å². The molecule has 0 aliphatic carbocycles. The number of fused-ring (bicyclic) bond motifs is 1. The van der Waals surface area contributed by atoms with Crippen LogP contribution in [0.2, 0.25) is 0 Å². The largest absolute Gasteiger partial charge is 0.454 e. The molecule has 0 spiro atoms. The number of benzene rings is 2. The third kappa shape index (κ3) is 4.09. The molecular weight excluding hydrogens is 391 g/mol. The fraction of sp³-hybridized carbons (Fsp3) is 0.190. The Morgan fingerprint density at radius 3 is 2.67 bits per heavy atom. The molecule has 30 heavy (non-hydrogen) atoms. The summed E-state index contributed by atoms with van der Waals surface area (Å²) in [5.41, 5.74) is 1.02. The highest BCUT2D eigenvalue weighted by Gasteiger charge is 2.22. The van der Waals surface area contributed by atoms with Crippen LogP contribution in [-0.4, -0.2) is 34.7 Å². The Hall–Kier alpha value is -3.88. The Labute approximate surface area is 171 Å². The summed E-state index contributed by atoms with van der Waals surface area (Å²) in [6, 6.07) is 10.0. The quantitative estimate of drug-likeness (QED) is 0.648. The van der Waals surface area contributed by atoms with Gasteiger partial charge < -0.3 is 24.7 Å². The van der Waals surface area contributed by atoms with Crippen LogP contribution in [0.4, 0.5) is 4.39 Å². The van der Waals surface area contributed by atoms with E-state index in [0.29, 0.717) is 28.5 Å². The number of amides is 2. The minimum absolute atomic E-state index is 0.112. The van der Waals surface area contributed by atoms with Crippen LogP contribution in [0.3, 0.4) is 0 Å². The molecule has 0 radical (unpaired) electrons. The van der Waals surface area contributed by atoms with Gasteiger partial charge in [0.2, 0.25) is 12.7 Å². The summed E-state index contributed by atoms with van der Waals surface area (Å²) < 4.78 is 25.6. The summed E-state index contributed by atoms with van der Waals surface area (Å²) in [4.78, 5) is 29.2. The lowest BCUT2D eigenvalue weighted by Crippen LogP contribution is -2.39. The summed E-state index contributed by atoms with van der Waals surface area (Å²) in [7, 11) is 1.80. The summed E-state index contributed by atoms with van der Waals surface area (Å²) in [5.74, 6) is 0.427. The number of aromatic nitrogens is 2. The van der Waals surface area contributed by atoms with Crippen LogP contribution in [0.25, 0.3) is 0 Å². The van der Waals surface area contributed by atoms with E-state index >= 15 is 0 Å². The maximum absolute atomic E-state index is 13.3. The minimum Gasteiger partial charge on any atom is -0.454 e. The van der Waals surface area contributed by atoms with Gasteiger partial charge >= 0.3 is 0 Å². The fourth-order valence-corrected chi connectivity index (χ4v) is 3.12. The van der Waals surface area contributed by atoms with Crippen LogP contribution in [0, 0.1) is 5.82 Å². The molecule has 1 aliphatic rings. The lowest BCUT2D eigenvalue weighted by Gasteiger charge is -2.19. The van der Waals surface area contributed by atoms with Crippen LogP contribution in [-0.2, 0) is 11.8 Å². The highest BCUT2D eigenvalue weighted by molar-refractivity contribution is 5.97. The summed E-state index contributed by atoms with van der Waals surface area (Å²) in [6.45, 7) is -0.129. The first-order valence-corrected chi connectivity index (χ1v) is 9.21. The minimum atomic E-state index is -0.597. The van der Waals surface area contributed by atoms with Gasteiger partial charge in [-0.25, -0.2) is 9.37 Å². The number of imidazole rings is 1. The second-order valence-electron chi connectivity index (χ2n) is 6.70. The number of rotatable bonds is 6. The van der Waals surface area contributed by atoms with Gasteiger partial charge in [0.05, 0.1) is 6.54 Å². The molecule has 0 saturated carbocycles. The molecule has 1 aromatic heterocycles. The van der Waals surface area contributed by atoms with E-state index < -0.39 is 17.9 Å². The molecule has 1 aliphatic heterocycles. The van der Waals surface area contributed by atoms with Crippen LogP contribution in [0.15, 0.2) is 54.9 Å². The number of hydrogen-bond acceptors (Lipinski definition) is 5. The van der Waals surface area contributed by atoms with E-state index in [4.69, 9.17) is 9.47 Å². The maximum Gasteiger partial charge on any atom is 0.251 e. The number of aryl methyl sites for hydroxylation is 1. The van der Waals surface area contributed by atoms with E-state index in [1.54, 1.807) is 54.3 Å². The number of ether oxygens (including phenoxy) is 2. The first kappa shape index (κ1) is 19.4. The first-order chi connectivity index (χ1) is 14.5. The van der Waals surface area contributed by atoms with Crippen molar-refractivity contribution in [1.29, 1.82) is 0 Å². The fourth-order valence-electron chi connectivity index (χ4n) is 3.12. The van der Waals surface area contributed by atoms with Crippen molar-refractivity contribution in [2.24, 2.45) is 7.05 Å². The van der Waals surface area contributed by atoms with E-state index in [1.165, 1.54) is 12.1 Å². The molecule has 2 heterocycles. The van der Waals surface area contributed by atoms with Gasteiger partial charge in [0, 0.05) is 25.0 Å². The van der Waals surface area contributed by atoms with Gasteiger partial charge in [-0.2, -0.15) is 0 Å². The highest BCUT2D eigenvalue weighted by atomic mass is 19.1. The van der Waals surface area contributed by atoms with Crippen LogP contribution in [0.1, 0.15) is 27.8 Å². The van der Waals surface area contributed by atoms with E-state index in [9.17, 15) is 14.0 Å². The van der Waals surface area contributed by atoms with Crippen LogP contribution >= 0.6 is 0 Å². The van der Waals surface area contributed by atoms with Crippen molar-refractivity contribution in [2.75, 3.05) is 13.3 Å². The number of carbonyl (C=O) groups is 2. The molecule has 9 heteroatoms. The number of halogens is 1. The van der Waals surface area contributed by atoms with Gasteiger partial charge in [0.1, 0.15) is 17.7 Å². The molecule has 0 unspecified atom stereocenters. The van der Waals surface area contributed by atoms with Crippen molar-refractivity contribution in [2.45, 2.75) is 6.04 Å². The van der Waals surface area contributed by atoms with Gasteiger partial charge in [-0.05, 0) is 35.9 Å². The maximum atomic E-state index is 13.3. The molecule has 0 fully saturated rings. The zero-order valence-corrected chi connectivity index (χ0v) is 16.1. The third-order valence-corrected chi connectivity index (χ3v) is 4.67. The molecule has 2 N–H and O–H groups in total. The number of nitrogens with one attached hydrogen (secondary N) is 2. The molecule has 1 atom stereocenters. The molecule has 3 aromatic rings. The van der Waals surface area contributed by atoms with E-state index in [0.717, 1.165) is 0 Å². The summed E-state index contributed by atoms with van der Waals surface area (Å²) in [6.07, 6.45) is 3.36. The van der Waals surface area contributed by atoms with Gasteiger partial charge in [-0.1, -0.05) is 12.1 Å². The standard InChI is InChI=1S/C21H19FN4O4/c1-26-9-8-23-20(26)19(13-2-5-15(22)6-3-13)25-18(27)11-24-21(28)14-4-7-16-17(10-14)30-12-29-16/h2-10,19H,11-12H2,1H3,(H,24,28)(H,25,27)/t19-/m1/s1. The van der Waals surface area contributed by atoms with E-state index in [1.807, 2.05) is 0 Å². The molecule has 0 saturated heterocycles. The summed E-state index contributed by atoms with van der Waals surface area (Å²) >= 11 is 0. The van der Waals surface area contributed by atoms with Crippen molar-refractivity contribution in [3.05, 3.63) is 77.6 Å². The monoisotopic (exact) mass is 410 g/mol. The highest BCUT2D eigenvalue weighted by Crippen LogP contribution is 2.32. The second-order valence-corrected chi connectivity index (χ2v) is 6.70. The summed E-state index contributed by atoms with van der Waals surface area (Å²) in [5, 5.41) is 5.42. The predicted octanol–water partition coefficient (Wildman–Crippen LogP) is 1.92. The normalized spacial score (nSPS) is 13.0. The lowest BCUT2D eigenvalue weighted by molar-refractivity contribution is -0.120. The first-order valence-electron chi connectivity index (χ1n) is 9.21. The average Bonchev–Trinajstić information content (AvgIpc) is 3.39. The van der Waals surface area contributed by atoms with Crippen molar-refractivity contribution >= 4 is 11.8 Å². The average molecular weight is 410 g/mol. The molecule has 0 bridgehead atoms. The molecule has 4 rings (SSSR count).